The van der Waals surface area contributed by atoms with Gasteiger partial charge in [-0.2, -0.15) is 4.89 Å². The van der Waals surface area contributed by atoms with Crippen LogP contribution in [0.25, 0.3) is 0 Å². The quantitative estimate of drug-likeness (QED) is 0.134. The van der Waals surface area contributed by atoms with Crippen LogP contribution < -0.4 is 0 Å². The fourth-order valence-electron chi connectivity index (χ4n) is 2.62. The Morgan fingerprint density at radius 3 is 1.96 bits per heavy atom. The maximum atomic E-state index is 12.1. The second-order valence-electron chi connectivity index (χ2n) is 7.00. The fourth-order valence-corrected chi connectivity index (χ4v) is 2.62. The maximum Gasteiger partial charge on any atom is 0.368 e. The number of carbonyl (C=O) groups is 2. The molecule has 5 nitrogen and oxygen atoms in total. The van der Waals surface area contributed by atoms with Crippen molar-refractivity contribution in [3.63, 3.8) is 0 Å². The predicted molar refractivity (Wildman–Crippen MR) is 103 cm³/mol. The SMILES string of the molecule is C=C(C)C(=O)OOC(C)C(CC)(CCCCCCCC)OC(=O)C(=C)C. The lowest BCUT2D eigenvalue weighted by Gasteiger charge is -2.36. The number of ether oxygens (including phenoxy) is 1. The lowest BCUT2D eigenvalue weighted by atomic mass is 9.87. The highest BCUT2D eigenvalue weighted by molar-refractivity contribution is 5.87. The molecule has 0 aromatic heterocycles. The van der Waals surface area contributed by atoms with Gasteiger partial charge < -0.3 is 4.74 Å². The third kappa shape index (κ3) is 8.65. The molecular formula is C21H36O5. The van der Waals surface area contributed by atoms with Crippen LogP contribution in [0.4, 0.5) is 0 Å². The van der Waals surface area contributed by atoms with Crippen molar-refractivity contribution in [1.82, 2.24) is 0 Å². The smallest absolute Gasteiger partial charge is 0.368 e. The third-order valence-electron chi connectivity index (χ3n) is 4.55. The monoisotopic (exact) mass is 368 g/mol. The molecule has 0 rings (SSSR count). The van der Waals surface area contributed by atoms with E-state index in [1.807, 2.05) is 6.92 Å². The second-order valence-corrected chi connectivity index (χ2v) is 7.00. The van der Waals surface area contributed by atoms with Crippen molar-refractivity contribution in [2.75, 3.05) is 0 Å². The molecule has 0 aromatic rings. The molecule has 5 heteroatoms. The molecule has 0 saturated heterocycles. The Labute approximate surface area is 158 Å². The Kier molecular flexibility index (Phi) is 11.9. The van der Waals surface area contributed by atoms with Gasteiger partial charge in [-0.3, -0.25) is 4.89 Å². The molecule has 0 radical (unpaired) electrons. The minimum Gasteiger partial charge on any atom is -0.453 e. The minimum absolute atomic E-state index is 0.245. The molecule has 0 aliphatic heterocycles. The van der Waals surface area contributed by atoms with Crippen LogP contribution in [-0.2, 0) is 24.1 Å². The van der Waals surface area contributed by atoms with Gasteiger partial charge >= 0.3 is 11.9 Å². The highest BCUT2D eigenvalue weighted by Gasteiger charge is 2.40. The maximum absolute atomic E-state index is 12.1. The summed E-state index contributed by atoms with van der Waals surface area (Å²) in [5.41, 5.74) is -0.290. The van der Waals surface area contributed by atoms with Crippen LogP contribution in [0.3, 0.4) is 0 Å². The summed E-state index contributed by atoms with van der Waals surface area (Å²) in [6.45, 7) is 16.2. The molecule has 0 aliphatic carbocycles. The van der Waals surface area contributed by atoms with Crippen molar-refractivity contribution in [2.24, 2.45) is 0 Å². The molecule has 0 spiro atoms. The molecule has 0 amide bonds. The van der Waals surface area contributed by atoms with Crippen molar-refractivity contribution in [3.05, 3.63) is 24.3 Å². The normalized spacial score (nSPS) is 14.2. The van der Waals surface area contributed by atoms with Crippen molar-refractivity contribution in [3.8, 4) is 0 Å². The average Bonchev–Trinajstić information content (AvgIpc) is 2.60. The first-order valence-electron chi connectivity index (χ1n) is 9.62. The van der Waals surface area contributed by atoms with Crippen molar-refractivity contribution >= 4 is 11.9 Å². The van der Waals surface area contributed by atoms with E-state index >= 15 is 0 Å². The predicted octanol–water partition coefficient (Wildman–Crippen LogP) is 5.44. The molecule has 2 unspecified atom stereocenters. The summed E-state index contributed by atoms with van der Waals surface area (Å²) >= 11 is 0. The Balaban J connectivity index is 4.98. The molecule has 0 aliphatic rings. The lowest BCUT2D eigenvalue weighted by molar-refractivity contribution is -0.320. The summed E-state index contributed by atoms with van der Waals surface area (Å²) in [5, 5.41) is 0. The van der Waals surface area contributed by atoms with Crippen LogP contribution in [0.2, 0.25) is 0 Å². The van der Waals surface area contributed by atoms with Gasteiger partial charge in [-0.25, -0.2) is 9.59 Å². The number of carbonyl (C=O) groups excluding carboxylic acids is 2. The number of unbranched alkanes of at least 4 members (excludes halogenated alkanes) is 5. The van der Waals surface area contributed by atoms with Crippen LogP contribution in [0, 0.1) is 0 Å². The standard InChI is InChI=1S/C21H36O5/c1-8-10-11-12-13-14-15-21(9-2,24-19(22)16(3)4)18(7)25-26-20(23)17(5)6/h18H,3,5,8-15H2,1-2,4,6-7H3. The van der Waals surface area contributed by atoms with Gasteiger partial charge in [0, 0.05) is 11.1 Å². The van der Waals surface area contributed by atoms with Crippen LogP contribution in [0.5, 0.6) is 0 Å². The zero-order valence-electron chi connectivity index (χ0n) is 17.2. The van der Waals surface area contributed by atoms with Crippen LogP contribution >= 0.6 is 0 Å². The minimum atomic E-state index is -0.865. The van der Waals surface area contributed by atoms with Gasteiger partial charge in [0.05, 0.1) is 0 Å². The zero-order valence-corrected chi connectivity index (χ0v) is 17.2. The van der Waals surface area contributed by atoms with E-state index in [9.17, 15) is 9.59 Å². The Morgan fingerprint density at radius 1 is 0.923 bits per heavy atom. The molecule has 26 heavy (non-hydrogen) atoms. The van der Waals surface area contributed by atoms with Crippen molar-refractivity contribution in [1.29, 1.82) is 0 Å². The van der Waals surface area contributed by atoms with Crippen molar-refractivity contribution in [2.45, 2.75) is 97.7 Å². The molecular weight excluding hydrogens is 332 g/mol. The van der Waals surface area contributed by atoms with Gasteiger partial charge in [-0.15, -0.1) is 0 Å². The van der Waals surface area contributed by atoms with E-state index in [0.717, 1.165) is 19.3 Å². The van der Waals surface area contributed by atoms with E-state index in [0.29, 0.717) is 18.4 Å². The molecule has 2 atom stereocenters. The molecule has 0 N–H and O–H groups in total. The fraction of sp³-hybridized carbons (Fsp3) is 0.714. The first-order valence-corrected chi connectivity index (χ1v) is 9.62. The Morgan fingerprint density at radius 2 is 1.46 bits per heavy atom. The largest absolute Gasteiger partial charge is 0.453 e. The summed E-state index contributed by atoms with van der Waals surface area (Å²) in [7, 11) is 0. The van der Waals surface area contributed by atoms with E-state index in [-0.39, 0.29) is 5.57 Å². The van der Waals surface area contributed by atoms with Gasteiger partial charge in [-0.1, -0.05) is 59.1 Å². The lowest BCUT2D eigenvalue weighted by Crippen LogP contribution is -2.46. The Hall–Kier alpha value is -1.62. The van der Waals surface area contributed by atoms with Gasteiger partial charge in [0.25, 0.3) is 0 Å². The van der Waals surface area contributed by atoms with E-state index < -0.39 is 23.6 Å². The third-order valence-corrected chi connectivity index (χ3v) is 4.55. The van der Waals surface area contributed by atoms with Gasteiger partial charge in [0.15, 0.2) is 0 Å². The van der Waals surface area contributed by atoms with Gasteiger partial charge in [-0.05, 0) is 40.0 Å². The van der Waals surface area contributed by atoms with Crippen LogP contribution in [0.1, 0.15) is 86.0 Å². The molecule has 0 fully saturated rings. The summed E-state index contributed by atoms with van der Waals surface area (Å²) < 4.78 is 5.75. The summed E-state index contributed by atoms with van der Waals surface area (Å²) in [4.78, 5) is 33.8. The molecule has 0 heterocycles. The van der Waals surface area contributed by atoms with E-state index in [1.165, 1.54) is 19.3 Å². The number of esters is 1. The zero-order chi connectivity index (χ0) is 20.2. The number of hydrogen-bond acceptors (Lipinski definition) is 5. The molecule has 0 bridgehead atoms. The molecule has 0 saturated carbocycles. The summed E-state index contributed by atoms with van der Waals surface area (Å²) in [6, 6.07) is 0. The highest BCUT2D eigenvalue weighted by Crippen LogP contribution is 2.31. The highest BCUT2D eigenvalue weighted by atomic mass is 17.2. The van der Waals surface area contributed by atoms with E-state index in [1.54, 1.807) is 20.8 Å². The number of rotatable bonds is 14. The topological polar surface area (TPSA) is 61.8 Å². The number of hydrogen-bond donors (Lipinski definition) is 0. The first-order chi connectivity index (χ1) is 12.2. The van der Waals surface area contributed by atoms with Crippen molar-refractivity contribution < 1.29 is 24.1 Å². The average molecular weight is 369 g/mol. The van der Waals surface area contributed by atoms with E-state index in [4.69, 9.17) is 14.5 Å². The van der Waals surface area contributed by atoms with Gasteiger partial charge in [0.1, 0.15) is 11.7 Å². The molecule has 0 aromatic carbocycles. The van der Waals surface area contributed by atoms with Crippen LogP contribution in [-0.4, -0.2) is 23.6 Å². The molecule has 150 valence electrons. The Bertz CT molecular complexity index is 483. The first kappa shape index (κ1) is 24.4. The second kappa shape index (κ2) is 12.7. The van der Waals surface area contributed by atoms with E-state index in [2.05, 4.69) is 20.1 Å². The van der Waals surface area contributed by atoms with Gasteiger partial charge in [0.2, 0.25) is 0 Å². The van der Waals surface area contributed by atoms with Crippen LogP contribution in [0.15, 0.2) is 24.3 Å². The summed E-state index contributed by atoms with van der Waals surface area (Å²) in [6.07, 6.45) is 7.36. The summed E-state index contributed by atoms with van der Waals surface area (Å²) in [5.74, 6) is -1.09.